The Labute approximate surface area is 137 Å². The van der Waals surface area contributed by atoms with E-state index in [1.165, 1.54) is 11.3 Å². The van der Waals surface area contributed by atoms with Gasteiger partial charge in [0.1, 0.15) is 6.17 Å². The minimum absolute atomic E-state index is 0.0874. The van der Waals surface area contributed by atoms with Gasteiger partial charge in [-0.05, 0) is 30.5 Å². The van der Waals surface area contributed by atoms with Crippen molar-refractivity contribution in [3.63, 3.8) is 0 Å². The summed E-state index contributed by atoms with van der Waals surface area (Å²) in [6.45, 7) is 4.55. The van der Waals surface area contributed by atoms with Crippen LogP contribution in [0.3, 0.4) is 0 Å². The number of anilines is 3. The lowest BCUT2D eigenvalue weighted by Crippen LogP contribution is -2.36. The van der Waals surface area contributed by atoms with E-state index in [-0.39, 0.29) is 11.6 Å². The van der Waals surface area contributed by atoms with Gasteiger partial charge >= 0.3 is 0 Å². The number of para-hydroxylation sites is 1. The lowest BCUT2D eigenvalue weighted by molar-refractivity contribution is 0.499. The van der Waals surface area contributed by atoms with Crippen molar-refractivity contribution in [3.05, 3.63) is 54.4 Å². The molecule has 0 bridgehead atoms. The number of hydrogen-bond donors (Lipinski definition) is 0. The molecule has 0 spiro atoms. The smallest absolute Gasteiger partial charge is 0.178 e. The first kappa shape index (κ1) is 14.2. The fraction of sp³-hybridized carbons (Fsp3) is 0.368. The third-order valence-corrected chi connectivity index (χ3v) is 5.43. The van der Waals surface area contributed by atoms with Gasteiger partial charge in [0, 0.05) is 30.5 Å². The Morgan fingerprint density at radius 2 is 1.74 bits per heavy atom. The average molecular weight is 306 g/mol. The Hall–Kier alpha value is -2.36. The monoisotopic (exact) mass is 306 g/mol. The van der Waals surface area contributed by atoms with Crippen molar-refractivity contribution >= 4 is 17.3 Å². The summed E-state index contributed by atoms with van der Waals surface area (Å²) in [6.07, 6.45) is 10.6. The zero-order valence-electron chi connectivity index (χ0n) is 13.9. The van der Waals surface area contributed by atoms with Crippen LogP contribution in [0.5, 0.6) is 0 Å². The summed E-state index contributed by atoms with van der Waals surface area (Å²) in [5.41, 5.74) is 2.72. The zero-order valence-corrected chi connectivity index (χ0v) is 13.9. The molecule has 2 aliphatic heterocycles. The molecular formula is C19H22N4. The maximum absolute atomic E-state index is 4.62. The van der Waals surface area contributed by atoms with Crippen LogP contribution in [0, 0.1) is 0 Å². The minimum atomic E-state index is 0.0874. The molecule has 1 unspecified atom stereocenters. The minimum Gasteiger partial charge on any atom is -0.332 e. The molecule has 1 aromatic heterocycles. The molecule has 4 nitrogen and oxygen atoms in total. The third-order valence-electron chi connectivity index (χ3n) is 5.43. The Kier molecular flexibility index (Phi) is 3.15. The lowest BCUT2D eigenvalue weighted by Gasteiger charge is -2.32. The molecule has 0 N–H and O–H groups in total. The van der Waals surface area contributed by atoms with Gasteiger partial charge in [0.25, 0.3) is 0 Å². The number of nitrogens with zero attached hydrogens (tertiary/aromatic N) is 4. The van der Waals surface area contributed by atoms with E-state index in [2.05, 4.69) is 77.1 Å². The van der Waals surface area contributed by atoms with E-state index >= 15 is 0 Å². The highest BCUT2D eigenvalue weighted by Gasteiger charge is 2.41. The Bertz CT molecular complexity index is 763. The number of aromatic nitrogens is 2. The molecule has 0 radical (unpaired) electrons. The Balaban J connectivity index is 1.99. The molecule has 0 saturated carbocycles. The molecule has 0 fully saturated rings. The number of hydrogen-bond acceptors (Lipinski definition) is 4. The predicted molar refractivity (Wildman–Crippen MR) is 94.2 cm³/mol. The normalized spacial score (nSPS) is 20.7. The standard InChI is InChI=1S/C19H22N4/c1-4-19(5-2)11-10-16-22(3)17-18(21-13-12-20-17)23(16)15-9-7-6-8-14(15)19/h6-13,16H,4-5H2,1-3H3. The number of fused-ring (bicyclic) bond motifs is 5. The molecule has 118 valence electrons. The van der Waals surface area contributed by atoms with Crippen LogP contribution in [0.15, 0.2) is 48.8 Å². The Morgan fingerprint density at radius 1 is 1.04 bits per heavy atom. The first-order valence-corrected chi connectivity index (χ1v) is 8.34. The Morgan fingerprint density at radius 3 is 2.48 bits per heavy atom. The van der Waals surface area contributed by atoms with E-state index in [1.54, 1.807) is 12.4 Å². The van der Waals surface area contributed by atoms with Gasteiger partial charge in [-0.3, -0.25) is 4.90 Å². The zero-order chi connectivity index (χ0) is 16.0. The van der Waals surface area contributed by atoms with Gasteiger partial charge in [0.05, 0.1) is 0 Å². The number of benzene rings is 1. The highest BCUT2D eigenvalue weighted by Crippen LogP contribution is 2.48. The molecule has 23 heavy (non-hydrogen) atoms. The molecule has 4 heteroatoms. The summed E-state index contributed by atoms with van der Waals surface area (Å²) in [4.78, 5) is 13.7. The van der Waals surface area contributed by atoms with Gasteiger partial charge in [0.15, 0.2) is 11.6 Å². The van der Waals surface area contributed by atoms with Gasteiger partial charge in [-0.1, -0.05) is 38.1 Å². The van der Waals surface area contributed by atoms with Crippen molar-refractivity contribution in [1.29, 1.82) is 0 Å². The third kappa shape index (κ3) is 1.84. The van der Waals surface area contributed by atoms with E-state index in [9.17, 15) is 0 Å². The van der Waals surface area contributed by atoms with Gasteiger partial charge in [-0.15, -0.1) is 0 Å². The summed E-state index contributed by atoms with van der Waals surface area (Å²) in [7, 11) is 2.09. The van der Waals surface area contributed by atoms with Crippen LogP contribution in [0.2, 0.25) is 0 Å². The molecule has 2 aliphatic rings. The van der Waals surface area contributed by atoms with Crippen LogP contribution in [-0.2, 0) is 5.41 Å². The molecular weight excluding hydrogens is 284 g/mol. The van der Waals surface area contributed by atoms with Crippen LogP contribution in [0.25, 0.3) is 0 Å². The van der Waals surface area contributed by atoms with Crippen LogP contribution in [0.4, 0.5) is 17.3 Å². The summed E-state index contributed by atoms with van der Waals surface area (Å²) < 4.78 is 0. The van der Waals surface area contributed by atoms with Crippen molar-refractivity contribution < 1.29 is 0 Å². The topological polar surface area (TPSA) is 32.3 Å². The summed E-state index contributed by atoms with van der Waals surface area (Å²) in [6, 6.07) is 8.74. The highest BCUT2D eigenvalue weighted by molar-refractivity contribution is 5.81. The van der Waals surface area contributed by atoms with Crippen LogP contribution >= 0.6 is 0 Å². The van der Waals surface area contributed by atoms with Gasteiger partial charge in [-0.2, -0.15) is 0 Å². The largest absolute Gasteiger partial charge is 0.332 e. The van der Waals surface area contributed by atoms with Crippen molar-refractivity contribution in [3.8, 4) is 0 Å². The molecule has 4 rings (SSSR count). The average Bonchev–Trinajstić information content (AvgIpc) is 2.80. The van der Waals surface area contributed by atoms with Gasteiger partial charge in [-0.25, -0.2) is 9.97 Å². The van der Waals surface area contributed by atoms with Gasteiger partial charge < -0.3 is 4.90 Å². The second-order valence-corrected chi connectivity index (χ2v) is 6.34. The first-order chi connectivity index (χ1) is 11.2. The lowest BCUT2D eigenvalue weighted by atomic mass is 9.75. The predicted octanol–water partition coefficient (Wildman–Crippen LogP) is 4.02. The second kappa shape index (κ2) is 5.08. The maximum atomic E-state index is 4.62. The number of likely N-dealkylation sites (N-methyl/N-ethyl adjacent to an activating group) is 1. The van der Waals surface area contributed by atoms with Crippen molar-refractivity contribution in [2.75, 3.05) is 16.8 Å². The summed E-state index contributed by atoms with van der Waals surface area (Å²) in [5.74, 6) is 1.89. The number of allylic oxidation sites excluding steroid dienone is 1. The summed E-state index contributed by atoms with van der Waals surface area (Å²) in [5, 5.41) is 0. The highest BCUT2D eigenvalue weighted by atomic mass is 15.5. The van der Waals surface area contributed by atoms with E-state index in [0.29, 0.717) is 0 Å². The van der Waals surface area contributed by atoms with Crippen LogP contribution < -0.4 is 9.80 Å². The SMILES string of the molecule is CCC1(CC)C=CC2N(C)c3nccnc3N2c2ccccc21. The molecule has 0 amide bonds. The molecule has 2 aromatic rings. The molecule has 1 atom stereocenters. The van der Waals surface area contributed by atoms with Crippen molar-refractivity contribution in [1.82, 2.24) is 9.97 Å². The molecule has 0 saturated heterocycles. The first-order valence-electron chi connectivity index (χ1n) is 8.34. The summed E-state index contributed by atoms with van der Waals surface area (Å²) >= 11 is 0. The van der Waals surface area contributed by atoms with E-state index in [1.807, 2.05) is 0 Å². The fourth-order valence-electron chi connectivity index (χ4n) is 3.97. The van der Waals surface area contributed by atoms with E-state index < -0.39 is 0 Å². The van der Waals surface area contributed by atoms with Crippen LogP contribution in [-0.4, -0.2) is 23.2 Å². The van der Waals surface area contributed by atoms with Crippen LogP contribution in [0.1, 0.15) is 32.3 Å². The molecule has 1 aromatic carbocycles. The van der Waals surface area contributed by atoms with Crippen molar-refractivity contribution in [2.45, 2.75) is 38.3 Å². The van der Waals surface area contributed by atoms with Crippen molar-refractivity contribution in [2.24, 2.45) is 0 Å². The van der Waals surface area contributed by atoms with E-state index in [0.717, 1.165) is 24.5 Å². The quantitative estimate of drug-likeness (QED) is 0.785. The number of rotatable bonds is 2. The molecule has 0 aliphatic carbocycles. The fourth-order valence-corrected chi connectivity index (χ4v) is 3.97. The second-order valence-electron chi connectivity index (χ2n) is 6.34. The van der Waals surface area contributed by atoms with Gasteiger partial charge in [0.2, 0.25) is 0 Å². The maximum Gasteiger partial charge on any atom is 0.178 e. The van der Waals surface area contributed by atoms with E-state index in [4.69, 9.17) is 0 Å². The molecule has 3 heterocycles.